The number of hydrogen-bond donors (Lipinski definition) is 0. The highest BCUT2D eigenvalue weighted by Crippen LogP contribution is 2.19. The molecule has 1 atom stereocenters. The molecule has 0 spiro atoms. The lowest BCUT2D eigenvalue weighted by atomic mass is 10.1. The average Bonchev–Trinajstić information content (AvgIpc) is 3.06. The first-order chi connectivity index (χ1) is 8.77. The van der Waals surface area contributed by atoms with Gasteiger partial charge in [-0.05, 0) is 31.2 Å². The van der Waals surface area contributed by atoms with E-state index in [9.17, 15) is 4.79 Å². The Bertz CT molecular complexity index is 685. The van der Waals surface area contributed by atoms with Gasteiger partial charge in [0.1, 0.15) is 11.6 Å². The van der Waals surface area contributed by atoms with Gasteiger partial charge in [0.15, 0.2) is 5.76 Å². The molecule has 5 nitrogen and oxygen atoms in total. The van der Waals surface area contributed by atoms with Crippen molar-refractivity contribution in [2.45, 2.75) is 13.0 Å². The number of rotatable bonds is 3. The second-order valence-electron chi connectivity index (χ2n) is 4.04. The van der Waals surface area contributed by atoms with Crippen molar-refractivity contribution >= 4 is 16.8 Å². The minimum Gasteiger partial charge on any atom is -0.461 e. The van der Waals surface area contributed by atoms with E-state index < -0.39 is 6.04 Å². The Hall–Kier alpha value is -2.43. The summed E-state index contributed by atoms with van der Waals surface area (Å²) in [5.74, 6) is 0.220. The summed E-state index contributed by atoms with van der Waals surface area (Å²) in [6, 6.07) is 10.4. The average molecular weight is 241 g/mol. The first kappa shape index (κ1) is 10.7. The highest BCUT2D eigenvalue weighted by atomic mass is 16.3. The zero-order valence-corrected chi connectivity index (χ0v) is 9.78. The standard InChI is InChI=1S/C13H11N3O2/c1-9(13(17)12-7-4-8-18-12)16-11-6-3-2-5-10(11)14-15-16/h2-9H,1H3. The minimum absolute atomic E-state index is 0.115. The fourth-order valence-corrected chi connectivity index (χ4v) is 1.91. The van der Waals surface area contributed by atoms with Crippen LogP contribution in [0.25, 0.3) is 11.0 Å². The van der Waals surface area contributed by atoms with E-state index in [1.54, 1.807) is 23.7 Å². The predicted molar refractivity (Wildman–Crippen MR) is 65.3 cm³/mol. The molecule has 0 radical (unpaired) electrons. The van der Waals surface area contributed by atoms with Gasteiger partial charge in [-0.3, -0.25) is 4.79 Å². The van der Waals surface area contributed by atoms with Crippen molar-refractivity contribution in [3.63, 3.8) is 0 Å². The number of ketones is 1. The summed E-state index contributed by atoms with van der Waals surface area (Å²) in [6.45, 7) is 1.78. The molecule has 0 fully saturated rings. The third-order valence-corrected chi connectivity index (χ3v) is 2.89. The highest BCUT2D eigenvalue weighted by Gasteiger charge is 2.21. The Morgan fingerprint density at radius 3 is 2.89 bits per heavy atom. The molecule has 90 valence electrons. The van der Waals surface area contributed by atoms with Gasteiger partial charge in [0.2, 0.25) is 5.78 Å². The van der Waals surface area contributed by atoms with Crippen molar-refractivity contribution in [2.24, 2.45) is 0 Å². The summed E-state index contributed by atoms with van der Waals surface area (Å²) in [7, 11) is 0. The summed E-state index contributed by atoms with van der Waals surface area (Å²) in [4.78, 5) is 12.2. The first-order valence-corrected chi connectivity index (χ1v) is 5.65. The van der Waals surface area contributed by atoms with Gasteiger partial charge in [-0.25, -0.2) is 4.68 Å². The molecule has 0 saturated heterocycles. The molecule has 0 bridgehead atoms. The zero-order valence-electron chi connectivity index (χ0n) is 9.78. The molecular formula is C13H11N3O2. The smallest absolute Gasteiger partial charge is 0.222 e. The van der Waals surface area contributed by atoms with Crippen LogP contribution in [0.4, 0.5) is 0 Å². The minimum atomic E-state index is -0.441. The summed E-state index contributed by atoms with van der Waals surface area (Å²) in [5, 5.41) is 8.06. The summed E-state index contributed by atoms with van der Waals surface area (Å²) < 4.78 is 6.73. The molecule has 0 aliphatic heterocycles. The number of nitrogens with zero attached hydrogens (tertiary/aromatic N) is 3. The van der Waals surface area contributed by atoms with Gasteiger partial charge in [0.05, 0.1) is 11.8 Å². The predicted octanol–water partition coefficient (Wildman–Crippen LogP) is 2.47. The van der Waals surface area contributed by atoms with E-state index in [1.165, 1.54) is 6.26 Å². The first-order valence-electron chi connectivity index (χ1n) is 5.65. The van der Waals surface area contributed by atoms with Crippen molar-refractivity contribution in [3.8, 4) is 0 Å². The Labute approximate surface area is 103 Å². The van der Waals surface area contributed by atoms with E-state index in [0.717, 1.165) is 11.0 Å². The van der Waals surface area contributed by atoms with Gasteiger partial charge < -0.3 is 4.42 Å². The topological polar surface area (TPSA) is 60.9 Å². The van der Waals surface area contributed by atoms with Crippen molar-refractivity contribution in [3.05, 3.63) is 48.4 Å². The maximum absolute atomic E-state index is 12.2. The van der Waals surface area contributed by atoms with Gasteiger partial charge in [-0.15, -0.1) is 5.10 Å². The third-order valence-electron chi connectivity index (χ3n) is 2.89. The summed E-state index contributed by atoms with van der Waals surface area (Å²) >= 11 is 0. The number of carbonyl (C=O) groups excluding carboxylic acids is 1. The maximum Gasteiger partial charge on any atom is 0.222 e. The molecular weight excluding hydrogens is 230 g/mol. The summed E-state index contributed by atoms with van der Waals surface area (Å²) in [6.07, 6.45) is 1.49. The van der Waals surface area contributed by atoms with Crippen LogP contribution in [-0.2, 0) is 0 Å². The fourth-order valence-electron chi connectivity index (χ4n) is 1.91. The van der Waals surface area contributed by atoms with Gasteiger partial charge in [-0.1, -0.05) is 17.3 Å². The second kappa shape index (κ2) is 4.10. The van der Waals surface area contributed by atoms with Crippen LogP contribution in [-0.4, -0.2) is 20.8 Å². The fraction of sp³-hybridized carbons (Fsp3) is 0.154. The molecule has 2 aromatic heterocycles. The van der Waals surface area contributed by atoms with Crippen molar-refractivity contribution < 1.29 is 9.21 Å². The molecule has 2 heterocycles. The molecule has 1 unspecified atom stereocenters. The SMILES string of the molecule is CC(C(=O)c1ccco1)n1nnc2ccccc21. The van der Waals surface area contributed by atoms with Gasteiger partial charge >= 0.3 is 0 Å². The van der Waals surface area contributed by atoms with Crippen molar-refractivity contribution in [2.75, 3.05) is 0 Å². The Kier molecular flexibility index (Phi) is 2.44. The van der Waals surface area contributed by atoms with Crippen LogP contribution < -0.4 is 0 Å². The molecule has 0 aliphatic carbocycles. The normalized spacial score (nSPS) is 12.7. The molecule has 5 heteroatoms. The van der Waals surface area contributed by atoms with Gasteiger partial charge in [-0.2, -0.15) is 0 Å². The molecule has 3 aromatic rings. The van der Waals surface area contributed by atoms with E-state index in [4.69, 9.17) is 4.42 Å². The lowest BCUT2D eigenvalue weighted by Gasteiger charge is -2.09. The molecule has 18 heavy (non-hydrogen) atoms. The Morgan fingerprint density at radius 2 is 2.11 bits per heavy atom. The van der Waals surface area contributed by atoms with E-state index >= 15 is 0 Å². The number of fused-ring (bicyclic) bond motifs is 1. The van der Waals surface area contributed by atoms with Crippen LogP contribution in [0.5, 0.6) is 0 Å². The molecule has 0 saturated carbocycles. The van der Waals surface area contributed by atoms with Crippen LogP contribution in [0.1, 0.15) is 23.5 Å². The van der Waals surface area contributed by atoms with Crippen LogP contribution >= 0.6 is 0 Å². The number of hydrogen-bond acceptors (Lipinski definition) is 4. The second-order valence-corrected chi connectivity index (χ2v) is 4.04. The molecule has 3 rings (SSSR count). The number of aromatic nitrogens is 3. The van der Waals surface area contributed by atoms with Crippen LogP contribution in [0.2, 0.25) is 0 Å². The van der Waals surface area contributed by atoms with Gasteiger partial charge in [0, 0.05) is 0 Å². The number of benzene rings is 1. The molecule has 0 amide bonds. The number of furan rings is 1. The van der Waals surface area contributed by atoms with Gasteiger partial charge in [0.25, 0.3) is 0 Å². The van der Waals surface area contributed by atoms with Crippen LogP contribution in [0.3, 0.4) is 0 Å². The summed E-state index contributed by atoms with van der Waals surface area (Å²) in [5.41, 5.74) is 1.61. The lowest BCUT2D eigenvalue weighted by Crippen LogP contribution is -2.17. The quantitative estimate of drug-likeness (QED) is 0.661. The van der Waals surface area contributed by atoms with E-state index in [1.807, 2.05) is 24.3 Å². The van der Waals surface area contributed by atoms with Crippen molar-refractivity contribution in [1.29, 1.82) is 0 Å². The molecule has 1 aromatic carbocycles. The number of para-hydroxylation sites is 1. The molecule has 0 aliphatic rings. The number of carbonyl (C=O) groups is 1. The van der Waals surface area contributed by atoms with E-state index in [-0.39, 0.29) is 5.78 Å². The maximum atomic E-state index is 12.2. The Morgan fingerprint density at radius 1 is 1.28 bits per heavy atom. The molecule has 0 N–H and O–H groups in total. The largest absolute Gasteiger partial charge is 0.461 e. The zero-order chi connectivity index (χ0) is 12.5. The Balaban J connectivity index is 2.02. The highest BCUT2D eigenvalue weighted by molar-refractivity contribution is 5.97. The van der Waals surface area contributed by atoms with E-state index in [2.05, 4.69) is 10.3 Å². The lowest BCUT2D eigenvalue weighted by molar-refractivity contribution is 0.0901. The third kappa shape index (κ3) is 1.60. The van der Waals surface area contributed by atoms with E-state index in [0.29, 0.717) is 5.76 Å². The van der Waals surface area contributed by atoms with Crippen molar-refractivity contribution in [1.82, 2.24) is 15.0 Å². The monoisotopic (exact) mass is 241 g/mol. The van der Waals surface area contributed by atoms with Crippen LogP contribution in [0.15, 0.2) is 47.1 Å². The van der Waals surface area contributed by atoms with Crippen LogP contribution in [0, 0.1) is 0 Å². The number of Topliss-reactive ketones (excluding diaryl/α,β-unsaturated/α-hetero) is 1.